The molecule has 0 unspecified atom stereocenters. The van der Waals surface area contributed by atoms with Gasteiger partial charge in [0.15, 0.2) is 5.17 Å². The predicted octanol–water partition coefficient (Wildman–Crippen LogP) is 3.58. The SMILES string of the molecule is Cc1cccc(N=C2NC(=O)/C(=C/c3ccc(C(=O)O)cc3)S2)c1. The quantitative estimate of drug-likeness (QED) is 0.838. The Bertz CT molecular complexity index is 870. The highest BCUT2D eigenvalue weighted by Crippen LogP contribution is 2.28. The van der Waals surface area contributed by atoms with E-state index in [0.717, 1.165) is 16.8 Å². The molecule has 6 heteroatoms. The van der Waals surface area contributed by atoms with E-state index in [4.69, 9.17) is 5.11 Å². The molecule has 0 radical (unpaired) electrons. The van der Waals surface area contributed by atoms with Crippen LogP contribution in [0.1, 0.15) is 21.5 Å². The largest absolute Gasteiger partial charge is 0.478 e. The Morgan fingerprint density at radius 2 is 1.96 bits per heavy atom. The summed E-state index contributed by atoms with van der Waals surface area (Å²) in [6, 6.07) is 14.1. The van der Waals surface area contributed by atoms with Crippen LogP contribution in [-0.2, 0) is 4.79 Å². The highest BCUT2D eigenvalue weighted by atomic mass is 32.2. The van der Waals surface area contributed by atoms with Gasteiger partial charge < -0.3 is 10.4 Å². The third kappa shape index (κ3) is 3.72. The summed E-state index contributed by atoms with van der Waals surface area (Å²) in [4.78, 5) is 27.8. The summed E-state index contributed by atoms with van der Waals surface area (Å²) in [7, 11) is 0. The molecule has 1 amide bonds. The van der Waals surface area contributed by atoms with Gasteiger partial charge in [-0.3, -0.25) is 4.79 Å². The molecule has 3 rings (SSSR count). The minimum atomic E-state index is -0.977. The third-order valence-corrected chi connectivity index (χ3v) is 4.25. The van der Waals surface area contributed by atoms with Gasteiger partial charge in [-0.15, -0.1) is 0 Å². The first-order valence-corrected chi connectivity index (χ1v) is 8.02. The molecule has 1 fully saturated rings. The number of aryl methyl sites for hydroxylation is 1. The molecule has 0 saturated carbocycles. The summed E-state index contributed by atoms with van der Waals surface area (Å²) in [6.07, 6.45) is 1.71. The first-order valence-electron chi connectivity index (χ1n) is 7.21. The number of carboxylic acids is 1. The van der Waals surface area contributed by atoms with E-state index < -0.39 is 5.97 Å². The van der Waals surface area contributed by atoms with Crippen molar-refractivity contribution in [1.29, 1.82) is 0 Å². The number of rotatable bonds is 3. The van der Waals surface area contributed by atoms with Gasteiger partial charge in [-0.2, -0.15) is 0 Å². The number of amidine groups is 1. The van der Waals surface area contributed by atoms with Crippen LogP contribution in [0, 0.1) is 6.92 Å². The Hall–Kier alpha value is -2.86. The molecule has 2 aromatic carbocycles. The maximum absolute atomic E-state index is 12.0. The molecule has 1 aliphatic rings. The number of carbonyl (C=O) groups is 2. The third-order valence-electron chi connectivity index (χ3n) is 3.34. The highest BCUT2D eigenvalue weighted by molar-refractivity contribution is 8.18. The molecule has 24 heavy (non-hydrogen) atoms. The van der Waals surface area contributed by atoms with Crippen LogP contribution in [0.15, 0.2) is 58.4 Å². The first kappa shape index (κ1) is 16.0. The molecule has 0 bridgehead atoms. The number of carboxylic acid groups (broad SMARTS) is 1. The lowest BCUT2D eigenvalue weighted by Crippen LogP contribution is -2.19. The molecule has 2 aromatic rings. The van der Waals surface area contributed by atoms with E-state index in [9.17, 15) is 9.59 Å². The van der Waals surface area contributed by atoms with Crippen LogP contribution in [-0.4, -0.2) is 22.2 Å². The van der Waals surface area contributed by atoms with Crippen molar-refractivity contribution in [3.8, 4) is 0 Å². The number of aliphatic imine (C=N–C) groups is 1. The monoisotopic (exact) mass is 338 g/mol. The fourth-order valence-corrected chi connectivity index (χ4v) is 3.01. The van der Waals surface area contributed by atoms with Gasteiger partial charge in [0.05, 0.1) is 16.2 Å². The maximum atomic E-state index is 12.0. The number of aromatic carboxylic acids is 1. The minimum Gasteiger partial charge on any atom is -0.478 e. The van der Waals surface area contributed by atoms with Crippen molar-refractivity contribution in [2.75, 3.05) is 0 Å². The molecule has 1 saturated heterocycles. The van der Waals surface area contributed by atoms with Crippen LogP contribution in [0.2, 0.25) is 0 Å². The van der Waals surface area contributed by atoms with Crippen LogP contribution >= 0.6 is 11.8 Å². The van der Waals surface area contributed by atoms with Crippen molar-refractivity contribution in [1.82, 2.24) is 5.32 Å². The van der Waals surface area contributed by atoms with E-state index >= 15 is 0 Å². The van der Waals surface area contributed by atoms with E-state index in [1.807, 2.05) is 31.2 Å². The van der Waals surface area contributed by atoms with Gasteiger partial charge in [0.2, 0.25) is 0 Å². The van der Waals surface area contributed by atoms with E-state index in [1.54, 1.807) is 18.2 Å². The number of thioether (sulfide) groups is 1. The summed E-state index contributed by atoms with van der Waals surface area (Å²) in [5, 5.41) is 12.2. The predicted molar refractivity (Wildman–Crippen MR) is 95.4 cm³/mol. The van der Waals surface area contributed by atoms with Crippen LogP contribution in [0.25, 0.3) is 6.08 Å². The van der Waals surface area contributed by atoms with Crippen LogP contribution < -0.4 is 5.32 Å². The van der Waals surface area contributed by atoms with Crippen molar-refractivity contribution in [2.24, 2.45) is 4.99 Å². The van der Waals surface area contributed by atoms with Gasteiger partial charge in [0, 0.05) is 0 Å². The summed E-state index contributed by atoms with van der Waals surface area (Å²) in [6.45, 7) is 1.98. The molecule has 5 nitrogen and oxygen atoms in total. The van der Waals surface area contributed by atoms with Gasteiger partial charge >= 0.3 is 5.97 Å². The van der Waals surface area contributed by atoms with Crippen LogP contribution in [0.3, 0.4) is 0 Å². The Labute approximate surface area is 143 Å². The fourth-order valence-electron chi connectivity index (χ4n) is 2.17. The second kappa shape index (κ2) is 6.72. The van der Waals surface area contributed by atoms with Crippen molar-refractivity contribution < 1.29 is 14.7 Å². The number of carbonyl (C=O) groups excluding carboxylic acids is 1. The summed E-state index contributed by atoms with van der Waals surface area (Å²) < 4.78 is 0. The highest BCUT2D eigenvalue weighted by Gasteiger charge is 2.23. The molecule has 2 N–H and O–H groups in total. The Morgan fingerprint density at radius 1 is 1.21 bits per heavy atom. The molecule has 120 valence electrons. The zero-order valence-electron chi connectivity index (χ0n) is 12.8. The molecule has 0 spiro atoms. The van der Waals surface area contributed by atoms with E-state index in [-0.39, 0.29) is 11.5 Å². The Balaban J connectivity index is 1.80. The molecular formula is C18H14N2O3S. The lowest BCUT2D eigenvalue weighted by Gasteiger charge is -1.97. The number of hydrogen-bond acceptors (Lipinski definition) is 4. The van der Waals surface area contributed by atoms with Gasteiger partial charge in [-0.05, 0) is 60.2 Å². The second-order valence-electron chi connectivity index (χ2n) is 5.25. The number of nitrogens with one attached hydrogen (secondary N) is 1. The topological polar surface area (TPSA) is 78.8 Å². The van der Waals surface area contributed by atoms with E-state index in [1.165, 1.54) is 23.9 Å². The van der Waals surface area contributed by atoms with Crippen LogP contribution in [0.4, 0.5) is 5.69 Å². The van der Waals surface area contributed by atoms with E-state index in [2.05, 4.69) is 10.3 Å². The summed E-state index contributed by atoms with van der Waals surface area (Å²) in [5.41, 5.74) is 2.85. The zero-order valence-corrected chi connectivity index (χ0v) is 13.6. The average Bonchev–Trinajstić information content (AvgIpc) is 2.87. The first-order chi connectivity index (χ1) is 11.5. The molecule has 0 atom stereocenters. The van der Waals surface area contributed by atoms with Crippen molar-refractivity contribution >= 4 is 40.6 Å². The molecular weight excluding hydrogens is 324 g/mol. The van der Waals surface area contributed by atoms with Gasteiger partial charge in [-0.1, -0.05) is 24.3 Å². The smallest absolute Gasteiger partial charge is 0.335 e. The lowest BCUT2D eigenvalue weighted by molar-refractivity contribution is -0.115. The lowest BCUT2D eigenvalue weighted by atomic mass is 10.1. The standard InChI is InChI=1S/C18H14N2O3S/c1-11-3-2-4-14(9-11)19-18-20-16(21)15(24-18)10-12-5-7-13(8-6-12)17(22)23/h2-10H,1H3,(H,22,23)(H,19,20,21)/b15-10-. The molecule has 1 heterocycles. The Kier molecular flexibility index (Phi) is 4.48. The summed E-state index contributed by atoms with van der Waals surface area (Å²) in [5.74, 6) is -1.19. The van der Waals surface area contributed by atoms with Gasteiger partial charge in [0.1, 0.15) is 0 Å². The number of benzene rings is 2. The van der Waals surface area contributed by atoms with Crippen LogP contribution in [0.5, 0.6) is 0 Å². The molecule has 0 aliphatic carbocycles. The second-order valence-corrected chi connectivity index (χ2v) is 6.28. The van der Waals surface area contributed by atoms with Gasteiger partial charge in [0.25, 0.3) is 5.91 Å². The Morgan fingerprint density at radius 3 is 2.62 bits per heavy atom. The van der Waals surface area contributed by atoms with Crippen molar-refractivity contribution in [3.63, 3.8) is 0 Å². The summed E-state index contributed by atoms with van der Waals surface area (Å²) >= 11 is 1.26. The number of amides is 1. The van der Waals surface area contributed by atoms with E-state index in [0.29, 0.717) is 10.1 Å². The average molecular weight is 338 g/mol. The molecule has 0 aromatic heterocycles. The van der Waals surface area contributed by atoms with Gasteiger partial charge in [-0.25, -0.2) is 9.79 Å². The normalized spacial score (nSPS) is 17.3. The molecule has 1 aliphatic heterocycles. The number of hydrogen-bond donors (Lipinski definition) is 2. The maximum Gasteiger partial charge on any atom is 0.335 e. The minimum absolute atomic E-state index is 0.211. The number of nitrogens with zero attached hydrogens (tertiary/aromatic N) is 1. The van der Waals surface area contributed by atoms with Crippen molar-refractivity contribution in [2.45, 2.75) is 6.92 Å². The van der Waals surface area contributed by atoms with Crippen molar-refractivity contribution in [3.05, 3.63) is 70.1 Å². The zero-order chi connectivity index (χ0) is 17.1. The fraction of sp³-hybridized carbons (Fsp3) is 0.0556.